The molecule has 17 heavy (non-hydrogen) atoms. The normalized spacial score (nSPS) is 28.4. The van der Waals surface area contributed by atoms with Crippen LogP contribution in [0.15, 0.2) is 0 Å². The molecule has 0 aliphatic heterocycles. The maximum atomic E-state index is 5.99. The van der Waals surface area contributed by atoms with Gasteiger partial charge >= 0.3 is 0 Å². The molecular formula is C13H28N2O2. The Morgan fingerprint density at radius 3 is 2.29 bits per heavy atom. The summed E-state index contributed by atoms with van der Waals surface area (Å²) in [5.74, 6) is 0.811. The zero-order chi connectivity index (χ0) is 12.7. The van der Waals surface area contributed by atoms with Crippen molar-refractivity contribution in [3.8, 4) is 0 Å². The predicted molar refractivity (Wildman–Crippen MR) is 70.1 cm³/mol. The standard InChI is InChI=1S/C13H28N2O2/c1-12-9-13(10-12,11-14)15(6-8-17-3)5-4-7-16-2/h12H,4-11,14H2,1-3H3. The molecule has 1 fully saturated rings. The quantitative estimate of drug-likeness (QED) is 0.617. The van der Waals surface area contributed by atoms with Gasteiger partial charge in [0.15, 0.2) is 0 Å². The second kappa shape index (κ2) is 7.31. The van der Waals surface area contributed by atoms with Gasteiger partial charge in [-0.05, 0) is 25.2 Å². The second-order valence-corrected chi connectivity index (χ2v) is 5.27. The molecule has 0 spiro atoms. The first-order chi connectivity index (χ1) is 8.18. The molecule has 102 valence electrons. The van der Waals surface area contributed by atoms with Gasteiger partial charge in [-0.1, -0.05) is 6.92 Å². The van der Waals surface area contributed by atoms with Crippen LogP contribution in [0.5, 0.6) is 0 Å². The van der Waals surface area contributed by atoms with Gasteiger partial charge in [0.1, 0.15) is 0 Å². The molecule has 4 heteroatoms. The van der Waals surface area contributed by atoms with Gasteiger partial charge in [0.05, 0.1) is 6.61 Å². The summed E-state index contributed by atoms with van der Waals surface area (Å²) in [4.78, 5) is 2.51. The highest BCUT2D eigenvalue weighted by Gasteiger charge is 2.44. The predicted octanol–water partition coefficient (Wildman–Crippen LogP) is 1.10. The zero-order valence-corrected chi connectivity index (χ0v) is 11.6. The summed E-state index contributed by atoms with van der Waals surface area (Å²) in [6.07, 6.45) is 3.51. The third kappa shape index (κ3) is 3.91. The number of nitrogens with zero attached hydrogens (tertiary/aromatic N) is 1. The topological polar surface area (TPSA) is 47.7 Å². The van der Waals surface area contributed by atoms with E-state index in [-0.39, 0.29) is 5.54 Å². The second-order valence-electron chi connectivity index (χ2n) is 5.27. The first kappa shape index (κ1) is 14.9. The van der Waals surface area contributed by atoms with Crippen molar-refractivity contribution in [2.75, 3.05) is 47.1 Å². The molecule has 0 saturated heterocycles. The van der Waals surface area contributed by atoms with Crippen LogP contribution in [-0.4, -0.2) is 57.5 Å². The molecule has 0 heterocycles. The minimum absolute atomic E-state index is 0.228. The number of methoxy groups -OCH3 is 2. The Morgan fingerprint density at radius 2 is 1.82 bits per heavy atom. The largest absolute Gasteiger partial charge is 0.385 e. The Bertz CT molecular complexity index is 206. The van der Waals surface area contributed by atoms with Crippen LogP contribution in [0.25, 0.3) is 0 Å². The SMILES string of the molecule is COCCCN(CCOC)C1(CN)CC(C)C1. The summed E-state index contributed by atoms with van der Waals surface area (Å²) in [5.41, 5.74) is 6.22. The Labute approximate surface area is 105 Å². The van der Waals surface area contributed by atoms with E-state index in [9.17, 15) is 0 Å². The number of ether oxygens (including phenoxy) is 2. The molecule has 0 aromatic heterocycles. The van der Waals surface area contributed by atoms with Crippen LogP contribution in [-0.2, 0) is 9.47 Å². The van der Waals surface area contributed by atoms with Crippen molar-refractivity contribution < 1.29 is 9.47 Å². The van der Waals surface area contributed by atoms with Crippen molar-refractivity contribution in [3.05, 3.63) is 0 Å². The van der Waals surface area contributed by atoms with Gasteiger partial charge in [0, 0.05) is 46.0 Å². The van der Waals surface area contributed by atoms with Gasteiger partial charge in [-0.15, -0.1) is 0 Å². The highest BCUT2D eigenvalue weighted by Crippen LogP contribution is 2.41. The van der Waals surface area contributed by atoms with E-state index in [4.69, 9.17) is 15.2 Å². The molecular weight excluding hydrogens is 216 g/mol. The molecule has 2 N–H and O–H groups in total. The fraction of sp³-hybridized carbons (Fsp3) is 1.00. The third-order valence-electron chi connectivity index (χ3n) is 3.85. The van der Waals surface area contributed by atoms with E-state index >= 15 is 0 Å². The van der Waals surface area contributed by atoms with Crippen LogP contribution in [0.1, 0.15) is 26.2 Å². The van der Waals surface area contributed by atoms with Crippen LogP contribution in [0.4, 0.5) is 0 Å². The van der Waals surface area contributed by atoms with Gasteiger partial charge in [0.2, 0.25) is 0 Å². The maximum absolute atomic E-state index is 5.99. The Kier molecular flexibility index (Phi) is 6.41. The lowest BCUT2D eigenvalue weighted by molar-refractivity contribution is -0.0284. The number of hydrogen-bond acceptors (Lipinski definition) is 4. The van der Waals surface area contributed by atoms with Gasteiger partial charge in [0.25, 0.3) is 0 Å². The fourth-order valence-corrected chi connectivity index (χ4v) is 2.98. The molecule has 1 saturated carbocycles. The molecule has 4 nitrogen and oxygen atoms in total. The Hall–Kier alpha value is -0.160. The molecule has 0 atom stereocenters. The molecule has 1 aliphatic carbocycles. The van der Waals surface area contributed by atoms with Crippen LogP contribution < -0.4 is 5.73 Å². The third-order valence-corrected chi connectivity index (χ3v) is 3.85. The van der Waals surface area contributed by atoms with E-state index in [1.807, 2.05) is 0 Å². The zero-order valence-electron chi connectivity index (χ0n) is 11.6. The van der Waals surface area contributed by atoms with E-state index in [0.717, 1.165) is 45.2 Å². The van der Waals surface area contributed by atoms with E-state index in [2.05, 4.69) is 11.8 Å². The monoisotopic (exact) mass is 244 g/mol. The minimum atomic E-state index is 0.228. The van der Waals surface area contributed by atoms with Crippen molar-refractivity contribution in [2.45, 2.75) is 31.7 Å². The van der Waals surface area contributed by atoms with E-state index in [0.29, 0.717) is 0 Å². The Morgan fingerprint density at radius 1 is 1.18 bits per heavy atom. The summed E-state index contributed by atoms with van der Waals surface area (Å²) in [7, 11) is 3.51. The lowest BCUT2D eigenvalue weighted by Gasteiger charge is -2.53. The number of nitrogens with two attached hydrogens (primary N) is 1. The Balaban J connectivity index is 2.48. The lowest BCUT2D eigenvalue weighted by Crippen LogP contribution is -2.62. The summed E-state index contributed by atoms with van der Waals surface area (Å²) >= 11 is 0. The van der Waals surface area contributed by atoms with Crippen molar-refractivity contribution in [1.82, 2.24) is 4.90 Å². The van der Waals surface area contributed by atoms with E-state index in [1.54, 1.807) is 14.2 Å². The number of rotatable bonds is 9. The minimum Gasteiger partial charge on any atom is -0.385 e. The van der Waals surface area contributed by atoms with E-state index in [1.165, 1.54) is 12.8 Å². The molecule has 0 aromatic rings. The molecule has 0 unspecified atom stereocenters. The van der Waals surface area contributed by atoms with Crippen molar-refractivity contribution >= 4 is 0 Å². The van der Waals surface area contributed by atoms with Crippen molar-refractivity contribution in [1.29, 1.82) is 0 Å². The molecule has 0 bridgehead atoms. The smallest absolute Gasteiger partial charge is 0.0589 e. The summed E-state index contributed by atoms with van der Waals surface area (Å²) in [6.45, 7) is 6.69. The van der Waals surface area contributed by atoms with Crippen LogP contribution in [0, 0.1) is 5.92 Å². The van der Waals surface area contributed by atoms with Crippen molar-refractivity contribution in [3.63, 3.8) is 0 Å². The summed E-state index contributed by atoms with van der Waals surface area (Å²) in [6, 6.07) is 0. The summed E-state index contributed by atoms with van der Waals surface area (Å²) in [5, 5.41) is 0. The molecule has 1 rings (SSSR count). The van der Waals surface area contributed by atoms with Gasteiger partial charge in [-0.3, -0.25) is 4.90 Å². The number of hydrogen-bond donors (Lipinski definition) is 1. The van der Waals surface area contributed by atoms with Crippen LogP contribution in [0.3, 0.4) is 0 Å². The van der Waals surface area contributed by atoms with Gasteiger partial charge in [-0.25, -0.2) is 0 Å². The first-order valence-corrected chi connectivity index (χ1v) is 6.61. The average Bonchev–Trinajstić information content (AvgIpc) is 2.29. The lowest BCUT2D eigenvalue weighted by atomic mass is 9.68. The van der Waals surface area contributed by atoms with Crippen LogP contribution in [0.2, 0.25) is 0 Å². The molecule has 0 amide bonds. The molecule has 0 radical (unpaired) electrons. The van der Waals surface area contributed by atoms with Gasteiger partial charge < -0.3 is 15.2 Å². The highest BCUT2D eigenvalue weighted by atomic mass is 16.5. The van der Waals surface area contributed by atoms with Gasteiger partial charge in [-0.2, -0.15) is 0 Å². The van der Waals surface area contributed by atoms with Crippen LogP contribution >= 0.6 is 0 Å². The van der Waals surface area contributed by atoms with Crippen molar-refractivity contribution in [2.24, 2.45) is 11.7 Å². The average molecular weight is 244 g/mol. The summed E-state index contributed by atoms with van der Waals surface area (Å²) < 4.78 is 10.3. The fourth-order valence-electron chi connectivity index (χ4n) is 2.98. The maximum Gasteiger partial charge on any atom is 0.0589 e. The highest BCUT2D eigenvalue weighted by molar-refractivity contribution is 5.02. The molecule has 1 aliphatic rings. The first-order valence-electron chi connectivity index (χ1n) is 6.61. The molecule has 0 aromatic carbocycles. The van der Waals surface area contributed by atoms with E-state index < -0.39 is 0 Å².